The second kappa shape index (κ2) is 5.31. The van der Waals surface area contributed by atoms with E-state index in [4.69, 9.17) is 11.5 Å². The lowest BCUT2D eigenvalue weighted by molar-refractivity contribution is 0.856. The van der Waals surface area contributed by atoms with E-state index in [1.807, 2.05) is 24.1 Å². The van der Waals surface area contributed by atoms with Gasteiger partial charge >= 0.3 is 0 Å². The number of nitrogen functional groups attached to an aromatic ring is 2. The van der Waals surface area contributed by atoms with Gasteiger partial charge in [0.1, 0.15) is 11.6 Å². The van der Waals surface area contributed by atoms with Crippen LogP contribution in [0.15, 0.2) is 30.6 Å². The minimum atomic E-state index is 0.195. The Kier molecular flexibility index (Phi) is 3.57. The summed E-state index contributed by atoms with van der Waals surface area (Å²) in [6, 6.07) is 5.70. The third-order valence-corrected chi connectivity index (χ3v) is 2.63. The Hall–Kier alpha value is -2.37. The molecule has 0 fully saturated rings. The molecule has 0 bridgehead atoms. The van der Waals surface area contributed by atoms with Gasteiger partial charge in [0.05, 0.1) is 0 Å². The third-order valence-electron chi connectivity index (χ3n) is 2.63. The van der Waals surface area contributed by atoms with Crippen LogP contribution in [0.4, 0.5) is 17.6 Å². The second-order valence-electron chi connectivity index (χ2n) is 4.04. The molecule has 2 aromatic heterocycles. The molecule has 2 aromatic rings. The molecule has 0 aliphatic rings. The summed E-state index contributed by atoms with van der Waals surface area (Å²) >= 11 is 0. The van der Waals surface area contributed by atoms with Crippen molar-refractivity contribution in [2.75, 3.05) is 30.0 Å². The Labute approximate surface area is 106 Å². The molecule has 2 heterocycles. The van der Waals surface area contributed by atoms with Gasteiger partial charge in [-0.05, 0) is 24.1 Å². The molecule has 0 radical (unpaired) electrons. The zero-order valence-electron chi connectivity index (χ0n) is 10.2. The standard InChI is InChI=1S/C12H16N6/c1-18(7-4-9-2-5-15-6-3-9)11-8-10(13)16-12(14)17-11/h2-3,5-6,8H,4,7H2,1H3,(H4,13,14,16,17). The van der Waals surface area contributed by atoms with Crippen molar-refractivity contribution in [2.45, 2.75) is 6.42 Å². The number of hydrogen-bond acceptors (Lipinski definition) is 6. The lowest BCUT2D eigenvalue weighted by atomic mass is 10.2. The van der Waals surface area contributed by atoms with Gasteiger partial charge in [-0.25, -0.2) is 0 Å². The lowest BCUT2D eigenvalue weighted by Crippen LogP contribution is -2.22. The highest BCUT2D eigenvalue weighted by Crippen LogP contribution is 2.13. The molecule has 6 nitrogen and oxygen atoms in total. The number of nitrogens with zero attached hydrogens (tertiary/aromatic N) is 4. The Morgan fingerprint density at radius 3 is 2.56 bits per heavy atom. The zero-order chi connectivity index (χ0) is 13.0. The molecule has 0 saturated carbocycles. The number of aromatic nitrogens is 3. The summed E-state index contributed by atoms with van der Waals surface area (Å²) in [6.45, 7) is 0.819. The number of pyridine rings is 1. The molecule has 6 heteroatoms. The molecule has 0 aliphatic carbocycles. The van der Waals surface area contributed by atoms with Crippen LogP contribution in [0, 0.1) is 0 Å². The number of anilines is 3. The highest BCUT2D eigenvalue weighted by atomic mass is 15.2. The first kappa shape index (κ1) is 12.1. The van der Waals surface area contributed by atoms with Crippen molar-refractivity contribution in [3.63, 3.8) is 0 Å². The molecule has 0 atom stereocenters. The van der Waals surface area contributed by atoms with Crippen LogP contribution >= 0.6 is 0 Å². The maximum absolute atomic E-state index is 5.64. The molecular weight excluding hydrogens is 228 g/mol. The number of hydrogen-bond donors (Lipinski definition) is 2. The van der Waals surface area contributed by atoms with Crippen LogP contribution in [0.3, 0.4) is 0 Å². The third kappa shape index (κ3) is 3.07. The van der Waals surface area contributed by atoms with Crippen LogP contribution in [0.5, 0.6) is 0 Å². The fourth-order valence-corrected chi connectivity index (χ4v) is 1.63. The molecule has 2 rings (SSSR count). The minimum absolute atomic E-state index is 0.195. The molecule has 0 spiro atoms. The Bertz CT molecular complexity index is 493. The van der Waals surface area contributed by atoms with Gasteiger partial charge in [0.25, 0.3) is 0 Å². The van der Waals surface area contributed by atoms with Crippen molar-refractivity contribution in [1.29, 1.82) is 0 Å². The molecule has 4 N–H and O–H groups in total. The van der Waals surface area contributed by atoms with Gasteiger partial charge in [0, 0.05) is 32.1 Å². The highest BCUT2D eigenvalue weighted by molar-refractivity contribution is 5.49. The van der Waals surface area contributed by atoms with Gasteiger partial charge in [-0.3, -0.25) is 4.98 Å². The average Bonchev–Trinajstić information content (AvgIpc) is 2.36. The summed E-state index contributed by atoms with van der Waals surface area (Å²) in [5.41, 5.74) is 12.4. The molecule has 0 saturated heterocycles. The summed E-state index contributed by atoms with van der Waals surface area (Å²) in [5, 5.41) is 0. The quantitative estimate of drug-likeness (QED) is 0.822. The van der Waals surface area contributed by atoms with Crippen LogP contribution in [-0.2, 0) is 6.42 Å². The molecule has 18 heavy (non-hydrogen) atoms. The SMILES string of the molecule is CN(CCc1ccncc1)c1cc(N)nc(N)n1. The predicted molar refractivity (Wildman–Crippen MR) is 72.1 cm³/mol. The highest BCUT2D eigenvalue weighted by Gasteiger charge is 2.05. The van der Waals surface area contributed by atoms with E-state index in [-0.39, 0.29) is 5.95 Å². The number of likely N-dealkylation sites (N-methyl/N-ethyl adjacent to an activating group) is 1. The predicted octanol–water partition coefficient (Wildman–Crippen LogP) is 0.715. The minimum Gasteiger partial charge on any atom is -0.383 e. The van der Waals surface area contributed by atoms with Gasteiger partial charge in [-0.1, -0.05) is 0 Å². The molecule has 0 amide bonds. The van der Waals surface area contributed by atoms with Gasteiger partial charge in [0.2, 0.25) is 5.95 Å². The van der Waals surface area contributed by atoms with Gasteiger partial charge < -0.3 is 16.4 Å². The van der Waals surface area contributed by atoms with Crippen molar-refractivity contribution in [1.82, 2.24) is 15.0 Å². The summed E-state index contributed by atoms with van der Waals surface area (Å²) in [5.74, 6) is 1.31. The molecular formula is C12H16N6. The Morgan fingerprint density at radius 1 is 1.17 bits per heavy atom. The van der Waals surface area contributed by atoms with Crippen molar-refractivity contribution in [3.8, 4) is 0 Å². The van der Waals surface area contributed by atoms with Crippen molar-refractivity contribution < 1.29 is 0 Å². The molecule has 0 aromatic carbocycles. The Morgan fingerprint density at radius 2 is 1.89 bits per heavy atom. The smallest absolute Gasteiger partial charge is 0.223 e. The van der Waals surface area contributed by atoms with E-state index in [0.717, 1.165) is 18.8 Å². The molecule has 94 valence electrons. The van der Waals surface area contributed by atoms with Crippen LogP contribution in [0.2, 0.25) is 0 Å². The number of rotatable bonds is 4. The Balaban J connectivity index is 2.01. The lowest BCUT2D eigenvalue weighted by Gasteiger charge is -2.18. The van der Waals surface area contributed by atoms with Crippen molar-refractivity contribution in [3.05, 3.63) is 36.2 Å². The maximum Gasteiger partial charge on any atom is 0.223 e. The fraction of sp³-hybridized carbons (Fsp3) is 0.250. The number of nitrogens with two attached hydrogens (primary N) is 2. The van der Waals surface area contributed by atoms with Gasteiger partial charge in [-0.15, -0.1) is 0 Å². The van der Waals surface area contributed by atoms with Crippen LogP contribution in [0.1, 0.15) is 5.56 Å². The van der Waals surface area contributed by atoms with E-state index in [1.54, 1.807) is 18.5 Å². The van der Waals surface area contributed by atoms with Crippen molar-refractivity contribution in [2.24, 2.45) is 0 Å². The normalized spacial score (nSPS) is 10.3. The van der Waals surface area contributed by atoms with Crippen LogP contribution in [-0.4, -0.2) is 28.5 Å². The summed E-state index contributed by atoms with van der Waals surface area (Å²) < 4.78 is 0. The topological polar surface area (TPSA) is 94.0 Å². The van der Waals surface area contributed by atoms with Gasteiger partial charge in [-0.2, -0.15) is 9.97 Å². The first-order chi connectivity index (χ1) is 8.65. The van der Waals surface area contributed by atoms with Crippen LogP contribution in [0.25, 0.3) is 0 Å². The van der Waals surface area contributed by atoms with Crippen molar-refractivity contribution >= 4 is 17.6 Å². The van der Waals surface area contributed by atoms with Gasteiger partial charge in [0.15, 0.2) is 0 Å². The fourth-order valence-electron chi connectivity index (χ4n) is 1.63. The summed E-state index contributed by atoms with van der Waals surface area (Å²) in [6.07, 6.45) is 4.48. The maximum atomic E-state index is 5.64. The molecule has 0 aliphatic heterocycles. The molecule has 0 unspecified atom stereocenters. The van der Waals surface area contributed by atoms with E-state index in [2.05, 4.69) is 15.0 Å². The van der Waals surface area contributed by atoms with E-state index in [0.29, 0.717) is 5.82 Å². The van der Waals surface area contributed by atoms with E-state index >= 15 is 0 Å². The summed E-state index contributed by atoms with van der Waals surface area (Å²) in [4.78, 5) is 14.0. The monoisotopic (exact) mass is 244 g/mol. The average molecular weight is 244 g/mol. The van der Waals surface area contributed by atoms with E-state index in [1.165, 1.54) is 5.56 Å². The van der Waals surface area contributed by atoms with E-state index in [9.17, 15) is 0 Å². The first-order valence-corrected chi connectivity index (χ1v) is 5.65. The second-order valence-corrected chi connectivity index (χ2v) is 4.04. The zero-order valence-corrected chi connectivity index (χ0v) is 10.2. The van der Waals surface area contributed by atoms with Crippen LogP contribution < -0.4 is 16.4 Å². The largest absolute Gasteiger partial charge is 0.383 e. The first-order valence-electron chi connectivity index (χ1n) is 5.65. The summed E-state index contributed by atoms with van der Waals surface area (Å²) in [7, 11) is 1.95. The van der Waals surface area contributed by atoms with E-state index < -0.39 is 0 Å².